The molecule has 7 nitrogen and oxygen atoms in total. The minimum Gasteiger partial charge on any atom is -0.496 e. The van der Waals surface area contributed by atoms with Gasteiger partial charge in [-0.05, 0) is 31.5 Å². The molecule has 0 aliphatic carbocycles. The molecule has 1 aromatic heterocycles. The SMILES string of the molecule is COC(=O)c1cc(CNC(=O)c2c(C)nn(C)c2C)ccc1OC. The average Bonchev–Trinajstić information content (AvgIpc) is 2.84. The molecule has 0 unspecified atom stereocenters. The summed E-state index contributed by atoms with van der Waals surface area (Å²) in [4.78, 5) is 24.2. The van der Waals surface area contributed by atoms with Gasteiger partial charge >= 0.3 is 5.97 Å². The Balaban J connectivity index is 2.17. The first-order valence-corrected chi connectivity index (χ1v) is 7.42. The standard InChI is InChI=1S/C17H21N3O4/c1-10-15(11(2)20(3)19-10)16(21)18-9-12-6-7-14(23-4)13(8-12)17(22)24-5/h6-8H,9H2,1-5H3,(H,18,21). The van der Waals surface area contributed by atoms with E-state index in [9.17, 15) is 9.59 Å². The Morgan fingerprint density at radius 1 is 1.25 bits per heavy atom. The lowest BCUT2D eigenvalue weighted by Crippen LogP contribution is -2.24. The van der Waals surface area contributed by atoms with E-state index in [1.807, 2.05) is 6.92 Å². The molecule has 2 rings (SSSR count). The van der Waals surface area contributed by atoms with Gasteiger partial charge in [-0.3, -0.25) is 9.48 Å². The second kappa shape index (κ2) is 7.16. The molecular weight excluding hydrogens is 310 g/mol. The van der Waals surface area contributed by atoms with Crippen LogP contribution >= 0.6 is 0 Å². The van der Waals surface area contributed by atoms with Crippen molar-refractivity contribution in [2.45, 2.75) is 20.4 Å². The van der Waals surface area contributed by atoms with Crippen LogP contribution in [0, 0.1) is 13.8 Å². The van der Waals surface area contributed by atoms with E-state index in [4.69, 9.17) is 9.47 Å². The summed E-state index contributed by atoms with van der Waals surface area (Å²) in [5.41, 5.74) is 3.14. The van der Waals surface area contributed by atoms with Gasteiger partial charge in [-0.25, -0.2) is 4.79 Å². The zero-order valence-corrected chi connectivity index (χ0v) is 14.5. The molecule has 0 aliphatic heterocycles. The quantitative estimate of drug-likeness (QED) is 0.844. The highest BCUT2D eigenvalue weighted by Crippen LogP contribution is 2.21. The van der Waals surface area contributed by atoms with Crippen LogP contribution in [0.5, 0.6) is 5.75 Å². The monoisotopic (exact) mass is 331 g/mol. The average molecular weight is 331 g/mol. The molecule has 0 bridgehead atoms. The van der Waals surface area contributed by atoms with Gasteiger partial charge in [-0.1, -0.05) is 6.07 Å². The number of aromatic nitrogens is 2. The first kappa shape index (κ1) is 17.5. The van der Waals surface area contributed by atoms with Gasteiger partial charge in [0.25, 0.3) is 5.91 Å². The Bertz CT molecular complexity index is 780. The highest BCUT2D eigenvalue weighted by Gasteiger charge is 2.18. The Labute approximate surface area is 140 Å². The second-order valence-corrected chi connectivity index (χ2v) is 5.38. The van der Waals surface area contributed by atoms with E-state index in [2.05, 4.69) is 10.4 Å². The van der Waals surface area contributed by atoms with Crippen molar-refractivity contribution in [2.24, 2.45) is 7.05 Å². The number of rotatable bonds is 5. The van der Waals surface area contributed by atoms with Gasteiger partial charge in [0.15, 0.2) is 0 Å². The molecule has 0 fully saturated rings. The van der Waals surface area contributed by atoms with Crippen LogP contribution in [-0.4, -0.2) is 35.9 Å². The van der Waals surface area contributed by atoms with Crippen LogP contribution in [0.4, 0.5) is 0 Å². The molecule has 1 heterocycles. The molecule has 2 aromatic rings. The molecule has 1 amide bonds. The molecule has 0 aliphatic rings. The fraction of sp³-hybridized carbons (Fsp3) is 0.353. The molecule has 0 spiro atoms. The predicted octanol–water partition coefficient (Wildman–Crippen LogP) is 1.76. The number of nitrogens with one attached hydrogen (secondary N) is 1. The minimum atomic E-state index is -0.487. The number of methoxy groups -OCH3 is 2. The molecule has 0 saturated heterocycles. The Hall–Kier alpha value is -2.83. The molecule has 0 atom stereocenters. The van der Waals surface area contributed by atoms with Crippen LogP contribution in [0.25, 0.3) is 0 Å². The van der Waals surface area contributed by atoms with Gasteiger partial charge in [0.05, 0.1) is 25.5 Å². The maximum absolute atomic E-state index is 12.4. The zero-order chi connectivity index (χ0) is 17.9. The van der Waals surface area contributed by atoms with Gasteiger partial charge in [0.2, 0.25) is 0 Å². The van der Waals surface area contributed by atoms with Crippen molar-refractivity contribution in [3.63, 3.8) is 0 Å². The molecular formula is C17H21N3O4. The summed E-state index contributed by atoms with van der Waals surface area (Å²) in [5, 5.41) is 7.08. The number of carbonyl (C=O) groups is 2. The number of carbonyl (C=O) groups excluding carboxylic acids is 2. The summed E-state index contributed by atoms with van der Waals surface area (Å²) in [6.07, 6.45) is 0. The summed E-state index contributed by atoms with van der Waals surface area (Å²) >= 11 is 0. The first-order chi connectivity index (χ1) is 11.4. The number of hydrogen-bond acceptors (Lipinski definition) is 5. The van der Waals surface area contributed by atoms with Gasteiger partial charge in [0, 0.05) is 19.3 Å². The second-order valence-electron chi connectivity index (χ2n) is 5.38. The minimum absolute atomic E-state index is 0.200. The number of aryl methyl sites for hydroxylation is 2. The topological polar surface area (TPSA) is 82.5 Å². The van der Waals surface area contributed by atoms with Crippen molar-refractivity contribution < 1.29 is 19.1 Å². The molecule has 24 heavy (non-hydrogen) atoms. The van der Waals surface area contributed by atoms with Crippen LogP contribution in [0.2, 0.25) is 0 Å². The normalized spacial score (nSPS) is 10.4. The van der Waals surface area contributed by atoms with Crippen molar-refractivity contribution in [2.75, 3.05) is 14.2 Å². The van der Waals surface area contributed by atoms with Crippen LogP contribution in [0.1, 0.15) is 37.7 Å². The molecule has 1 N–H and O–H groups in total. The maximum atomic E-state index is 12.4. The van der Waals surface area contributed by atoms with Gasteiger partial charge in [-0.15, -0.1) is 0 Å². The summed E-state index contributed by atoms with van der Waals surface area (Å²) in [7, 11) is 4.59. The highest BCUT2D eigenvalue weighted by molar-refractivity contribution is 5.96. The maximum Gasteiger partial charge on any atom is 0.341 e. The first-order valence-electron chi connectivity index (χ1n) is 7.42. The number of benzene rings is 1. The van der Waals surface area contributed by atoms with E-state index < -0.39 is 5.97 Å². The summed E-state index contributed by atoms with van der Waals surface area (Å²) < 4.78 is 11.6. The fourth-order valence-corrected chi connectivity index (χ4v) is 2.51. The van der Waals surface area contributed by atoms with E-state index >= 15 is 0 Å². The molecule has 0 saturated carbocycles. The van der Waals surface area contributed by atoms with Crippen LogP contribution in [0.15, 0.2) is 18.2 Å². The smallest absolute Gasteiger partial charge is 0.341 e. The van der Waals surface area contributed by atoms with E-state index in [1.54, 1.807) is 36.9 Å². The zero-order valence-electron chi connectivity index (χ0n) is 14.5. The third-order valence-corrected chi connectivity index (χ3v) is 3.86. The molecule has 1 aromatic carbocycles. The van der Waals surface area contributed by atoms with Crippen molar-refractivity contribution in [3.8, 4) is 5.75 Å². The van der Waals surface area contributed by atoms with Crippen molar-refractivity contribution in [3.05, 3.63) is 46.3 Å². The van der Waals surface area contributed by atoms with E-state index in [-0.39, 0.29) is 12.5 Å². The van der Waals surface area contributed by atoms with Gasteiger partial charge in [0.1, 0.15) is 11.3 Å². The predicted molar refractivity (Wildman–Crippen MR) is 88.2 cm³/mol. The number of ether oxygens (including phenoxy) is 2. The number of amides is 1. The van der Waals surface area contributed by atoms with E-state index in [1.165, 1.54) is 14.2 Å². The lowest BCUT2D eigenvalue weighted by atomic mass is 10.1. The largest absolute Gasteiger partial charge is 0.496 e. The number of esters is 1. The van der Waals surface area contributed by atoms with Crippen LogP contribution in [0.3, 0.4) is 0 Å². The highest BCUT2D eigenvalue weighted by atomic mass is 16.5. The molecule has 128 valence electrons. The van der Waals surface area contributed by atoms with E-state index in [0.29, 0.717) is 22.6 Å². The Kier molecular flexibility index (Phi) is 5.23. The third-order valence-electron chi connectivity index (χ3n) is 3.86. The number of nitrogens with zero attached hydrogens (tertiary/aromatic N) is 2. The molecule has 7 heteroatoms. The van der Waals surface area contributed by atoms with Gasteiger partial charge < -0.3 is 14.8 Å². The summed E-state index contributed by atoms with van der Waals surface area (Å²) in [6, 6.07) is 5.11. The Morgan fingerprint density at radius 3 is 2.50 bits per heavy atom. The van der Waals surface area contributed by atoms with Crippen molar-refractivity contribution >= 4 is 11.9 Å². The van der Waals surface area contributed by atoms with Crippen molar-refractivity contribution in [1.82, 2.24) is 15.1 Å². The molecule has 0 radical (unpaired) electrons. The lowest BCUT2D eigenvalue weighted by Gasteiger charge is -2.10. The fourth-order valence-electron chi connectivity index (χ4n) is 2.51. The van der Waals surface area contributed by atoms with Crippen LogP contribution < -0.4 is 10.1 Å². The van der Waals surface area contributed by atoms with Crippen LogP contribution in [-0.2, 0) is 18.3 Å². The van der Waals surface area contributed by atoms with E-state index in [0.717, 1.165) is 11.3 Å². The Morgan fingerprint density at radius 2 is 1.96 bits per heavy atom. The lowest BCUT2D eigenvalue weighted by molar-refractivity contribution is 0.0597. The number of hydrogen-bond donors (Lipinski definition) is 1. The summed E-state index contributed by atoms with van der Waals surface area (Å²) in [5.74, 6) is -0.261. The van der Waals surface area contributed by atoms with Gasteiger partial charge in [-0.2, -0.15) is 5.10 Å². The van der Waals surface area contributed by atoms with Crippen molar-refractivity contribution in [1.29, 1.82) is 0 Å². The summed E-state index contributed by atoms with van der Waals surface area (Å²) in [6.45, 7) is 3.92. The third kappa shape index (κ3) is 3.40.